The van der Waals surface area contributed by atoms with E-state index in [1.54, 1.807) is 24.3 Å². The number of fused-ring (bicyclic) bond motifs is 1. The minimum atomic E-state index is -0.579. The van der Waals surface area contributed by atoms with E-state index in [1.165, 1.54) is 10.6 Å². The number of quaternary nitrogens is 1. The van der Waals surface area contributed by atoms with Crippen molar-refractivity contribution in [3.63, 3.8) is 0 Å². The SMILES string of the molecule is O=C(CC[NH+]1CCN(c2ccccc2)CC1)NNC(=O)c1n[nH]c(=O)c2ccccc12. The normalized spacial score (nSPS) is 14.4. The van der Waals surface area contributed by atoms with Crippen molar-refractivity contribution < 1.29 is 14.5 Å². The molecule has 1 fully saturated rings. The number of hydrogen-bond acceptors (Lipinski definition) is 5. The van der Waals surface area contributed by atoms with Crippen molar-refractivity contribution in [2.24, 2.45) is 0 Å². The summed E-state index contributed by atoms with van der Waals surface area (Å²) in [7, 11) is 0. The van der Waals surface area contributed by atoms with Gasteiger partial charge in [0.25, 0.3) is 11.5 Å². The maximum atomic E-state index is 12.4. The van der Waals surface area contributed by atoms with Gasteiger partial charge in [0.1, 0.15) is 0 Å². The first-order valence-electron chi connectivity index (χ1n) is 10.3. The van der Waals surface area contributed by atoms with Crippen LogP contribution in [0.2, 0.25) is 0 Å². The van der Waals surface area contributed by atoms with E-state index in [4.69, 9.17) is 0 Å². The fourth-order valence-corrected chi connectivity index (χ4v) is 3.80. The van der Waals surface area contributed by atoms with Crippen molar-refractivity contribution in [1.29, 1.82) is 0 Å². The summed E-state index contributed by atoms with van der Waals surface area (Å²) in [5.41, 5.74) is 5.74. The van der Waals surface area contributed by atoms with Crippen LogP contribution < -0.4 is 26.2 Å². The van der Waals surface area contributed by atoms with Crippen molar-refractivity contribution in [2.75, 3.05) is 37.6 Å². The van der Waals surface area contributed by atoms with E-state index < -0.39 is 5.91 Å². The van der Waals surface area contributed by atoms with Crippen LogP contribution in [0.3, 0.4) is 0 Å². The minimum absolute atomic E-state index is 0.0539. The third-order valence-electron chi connectivity index (χ3n) is 5.52. The molecule has 0 bridgehead atoms. The summed E-state index contributed by atoms with van der Waals surface area (Å²) in [6.45, 7) is 4.51. The fourth-order valence-electron chi connectivity index (χ4n) is 3.80. The van der Waals surface area contributed by atoms with Crippen LogP contribution in [0, 0.1) is 0 Å². The van der Waals surface area contributed by atoms with Crippen molar-refractivity contribution in [3.05, 3.63) is 70.6 Å². The first-order chi connectivity index (χ1) is 15.1. The molecule has 9 nitrogen and oxygen atoms in total. The second-order valence-electron chi connectivity index (χ2n) is 7.52. The number of carbonyl (C=O) groups is 2. The lowest BCUT2D eigenvalue weighted by Gasteiger charge is -2.33. The van der Waals surface area contributed by atoms with Crippen LogP contribution in [-0.4, -0.2) is 54.7 Å². The monoisotopic (exact) mass is 421 g/mol. The van der Waals surface area contributed by atoms with Crippen molar-refractivity contribution in [2.45, 2.75) is 6.42 Å². The Hall–Kier alpha value is -3.72. The number of rotatable bonds is 5. The predicted molar refractivity (Wildman–Crippen MR) is 117 cm³/mol. The standard InChI is InChI=1S/C22H24N6O3/c29-19(10-11-27-12-14-28(15-13-27)16-6-2-1-3-7-16)23-26-22(31)20-17-8-4-5-9-18(17)21(30)25-24-20/h1-9H,10-15H2,(H,23,29)(H,25,30)(H,26,31)/p+1. The molecule has 0 radical (unpaired) electrons. The number of amides is 2. The van der Waals surface area contributed by atoms with E-state index in [9.17, 15) is 14.4 Å². The topological polar surface area (TPSA) is 112 Å². The quantitative estimate of drug-likeness (QED) is 0.414. The molecule has 31 heavy (non-hydrogen) atoms. The molecule has 0 aliphatic carbocycles. The summed E-state index contributed by atoms with van der Waals surface area (Å²) >= 11 is 0. The number of piperazine rings is 1. The van der Waals surface area contributed by atoms with E-state index >= 15 is 0 Å². The van der Waals surface area contributed by atoms with Gasteiger partial charge in [0.05, 0.1) is 44.5 Å². The number of H-pyrrole nitrogens is 1. The maximum Gasteiger partial charge on any atom is 0.290 e. The Morgan fingerprint density at radius 1 is 0.968 bits per heavy atom. The number of hydrogen-bond donors (Lipinski definition) is 4. The fraction of sp³-hybridized carbons (Fsp3) is 0.273. The highest BCUT2D eigenvalue weighted by molar-refractivity contribution is 6.05. The zero-order valence-corrected chi connectivity index (χ0v) is 17.1. The molecule has 1 aliphatic heterocycles. The molecule has 2 amide bonds. The molecule has 1 saturated heterocycles. The Labute approximate surface area is 179 Å². The summed E-state index contributed by atoms with van der Waals surface area (Å²) in [5, 5.41) is 6.93. The average molecular weight is 421 g/mol. The second-order valence-corrected chi connectivity index (χ2v) is 7.52. The van der Waals surface area contributed by atoms with Crippen molar-refractivity contribution in [3.8, 4) is 0 Å². The molecule has 0 spiro atoms. The predicted octanol–water partition coefficient (Wildman–Crippen LogP) is -0.521. The Morgan fingerprint density at radius 3 is 2.39 bits per heavy atom. The molecule has 3 aromatic rings. The first kappa shape index (κ1) is 20.5. The van der Waals surface area contributed by atoms with E-state index in [0.29, 0.717) is 23.7 Å². The third-order valence-corrected chi connectivity index (χ3v) is 5.52. The van der Waals surface area contributed by atoms with Crippen LogP contribution in [-0.2, 0) is 4.79 Å². The molecular weight excluding hydrogens is 396 g/mol. The molecule has 2 aromatic carbocycles. The smallest absolute Gasteiger partial charge is 0.290 e. The van der Waals surface area contributed by atoms with Crippen LogP contribution in [0.4, 0.5) is 5.69 Å². The number of benzene rings is 2. The van der Waals surface area contributed by atoms with Gasteiger partial charge in [0, 0.05) is 11.1 Å². The Kier molecular flexibility index (Phi) is 6.23. The molecule has 1 aliphatic rings. The zero-order valence-electron chi connectivity index (χ0n) is 17.1. The van der Waals surface area contributed by atoms with Gasteiger partial charge in [-0.3, -0.25) is 25.2 Å². The Morgan fingerprint density at radius 2 is 1.65 bits per heavy atom. The molecule has 1 aromatic heterocycles. The van der Waals surface area contributed by atoms with Gasteiger partial charge in [-0.05, 0) is 18.2 Å². The summed E-state index contributed by atoms with van der Waals surface area (Å²) in [5.74, 6) is -0.843. The second kappa shape index (κ2) is 9.40. The number of aromatic amines is 1. The van der Waals surface area contributed by atoms with Crippen LogP contribution in [0.5, 0.6) is 0 Å². The van der Waals surface area contributed by atoms with Crippen molar-refractivity contribution >= 4 is 28.3 Å². The lowest BCUT2D eigenvalue weighted by molar-refractivity contribution is -0.900. The van der Waals surface area contributed by atoms with Gasteiger partial charge in [0.15, 0.2) is 5.69 Å². The minimum Gasteiger partial charge on any atom is -0.360 e. The van der Waals surface area contributed by atoms with Gasteiger partial charge in [0.2, 0.25) is 5.91 Å². The summed E-state index contributed by atoms with van der Waals surface area (Å²) < 4.78 is 0. The maximum absolute atomic E-state index is 12.4. The van der Waals surface area contributed by atoms with Gasteiger partial charge in [-0.1, -0.05) is 36.4 Å². The third kappa shape index (κ3) is 4.89. The molecule has 0 unspecified atom stereocenters. The number of nitrogens with zero attached hydrogens (tertiary/aromatic N) is 2. The molecule has 160 valence electrons. The first-order valence-corrected chi connectivity index (χ1v) is 10.3. The van der Waals surface area contributed by atoms with E-state index in [0.717, 1.165) is 26.2 Å². The number of nitrogens with one attached hydrogen (secondary N) is 4. The molecule has 0 atom stereocenters. The molecule has 4 rings (SSSR count). The highest BCUT2D eigenvalue weighted by Gasteiger charge is 2.21. The van der Waals surface area contributed by atoms with Gasteiger partial charge in [-0.15, -0.1) is 0 Å². The van der Waals surface area contributed by atoms with Gasteiger partial charge in [-0.2, -0.15) is 5.10 Å². The molecule has 2 heterocycles. The lowest BCUT2D eigenvalue weighted by atomic mass is 10.1. The summed E-state index contributed by atoms with van der Waals surface area (Å²) in [6, 6.07) is 17.0. The largest absolute Gasteiger partial charge is 0.360 e. The average Bonchev–Trinajstić information content (AvgIpc) is 2.82. The van der Waals surface area contributed by atoms with Crippen LogP contribution in [0.25, 0.3) is 10.8 Å². The lowest BCUT2D eigenvalue weighted by Crippen LogP contribution is -3.15. The van der Waals surface area contributed by atoms with Gasteiger partial charge in [-0.25, -0.2) is 5.10 Å². The Bertz CT molecular complexity index is 1120. The molecule has 0 saturated carbocycles. The van der Waals surface area contributed by atoms with E-state index in [-0.39, 0.29) is 17.2 Å². The molecule has 9 heteroatoms. The Balaban J connectivity index is 1.24. The summed E-state index contributed by atoms with van der Waals surface area (Å²) in [4.78, 5) is 40.2. The van der Waals surface area contributed by atoms with Crippen LogP contribution in [0.15, 0.2) is 59.4 Å². The van der Waals surface area contributed by atoms with Crippen LogP contribution in [0.1, 0.15) is 16.9 Å². The van der Waals surface area contributed by atoms with Gasteiger partial charge < -0.3 is 9.80 Å². The number of para-hydroxylation sites is 1. The van der Waals surface area contributed by atoms with Gasteiger partial charge >= 0.3 is 0 Å². The number of carbonyl (C=O) groups excluding carboxylic acids is 2. The molecule has 4 N–H and O–H groups in total. The summed E-state index contributed by atoms with van der Waals surface area (Å²) in [6.07, 6.45) is 0.306. The van der Waals surface area contributed by atoms with E-state index in [1.807, 2.05) is 18.2 Å². The number of aromatic nitrogens is 2. The molecular formula is C22H25N6O3+. The highest BCUT2D eigenvalue weighted by atomic mass is 16.2. The number of anilines is 1. The number of hydrazine groups is 1. The van der Waals surface area contributed by atoms with Crippen molar-refractivity contribution in [1.82, 2.24) is 21.0 Å². The zero-order chi connectivity index (χ0) is 21.6. The highest BCUT2D eigenvalue weighted by Crippen LogP contribution is 2.13. The van der Waals surface area contributed by atoms with Crippen LogP contribution >= 0.6 is 0 Å². The van der Waals surface area contributed by atoms with E-state index in [2.05, 4.69) is 38.1 Å².